The van der Waals surface area contributed by atoms with Crippen LogP contribution in [0.4, 0.5) is 23.7 Å². The Bertz CT molecular complexity index is 1990. The lowest BCUT2D eigenvalue weighted by Gasteiger charge is -2.34. The van der Waals surface area contributed by atoms with Crippen molar-refractivity contribution < 1.29 is 27.5 Å². The Labute approximate surface area is 282 Å². The van der Waals surface area contributed by atoms with Gasteiger partial charge in [0.25, 0.3) is 5.91 Å². The lowest BCUT2D eigenvalue weighted by molar-refractivity contribution is -0.141. The van der Waals surface area contributed by atoms with Crippen LogP contribution < -0.4 is 11.1 Å². The zero-order valence-corrected chi connectivity index (χ0v) is 27.5. The predicted molar refractivity (Wildman–Crippen MR) is 182 cm³/mol. The maximum absolute atomic E-state index is 13.8. The first-order valence-corrected chi connectivity index (χ1v) is 16.2. The molecule has 6 rings (SSSR count). The highest BCUT2D eigenvalue weighted by atomic mass is 19.4. The molecule has 1 aliphatic rings. The van der Waals surface area contributed by atoms with Crippen molar-refractivity contribution in [1.82, 2.24) is 14.7 Å². The first-order chi connectivity index (χ1) is 23.3. The zero-order chi connectivity index (χ0) is 34.9. The third-order valence-electron chi connectivity index (χ3n) is 8.26. The number of fused-ring (bicyclic) bond motifs is 1. The maximum atomic E-state index is 13.8. The molecule has 0 radical (unpaired) electrons. The van der Waals surface area contributed by atoms with E-state index in [2.05, 4.69) is 10.4 Å². The van der Waals surface area contributed by atoms with Gasteiger partial charge in [-0.25, -0.2) is 9.48 Å². The Morgan fingerprint density at radius 1 is 0.918 bits per heavy atom. The Morgan fingerprint density at radius 3 is 2.33 bits per heavy atom. The molecule has 1 atom stereocenters. The van der Waals surface area contributed by atoms with Gasteiger partial charge in [-0.3, -0.25) is 9.69 Å². The molecule has 5 aromatic rings. The van der Waals surface area contributed by atoms with Gasteiger partial charge in [0.15, 0.2) is 5.69 Å². The monoisotopic (exact) mass is 669 g/mol. The highest BCUT2D eigenvalue weighted by molar-refractivity contribution is 6.03. The third kappa shape index (κ3) is 7.94. The second kappa shape index (κ2) is 13.4. The van der Waals surface area contributed by atoms with Crippen molar-refractivity contribution in [3.05, 3.63) is 125 Å². The van der Waals surface area contributed by atoms with E-state index in [9.17, 15) is 22.8 Å². The van der Waals surface area contributed by atoms with Gasteiger partial charge in [-0.05, 0) is 97.3 Å². The molecule has 0 spiro atoms. The highest BCUT2D eigenvalue weighted by Crippen LogP contribution is 2.38. The normalized spacial score (nSPS) is 14.0. The van der Waals surface area contributed by atoms with Crippen molar-refractivity contribution in [1.29, 1.82) is 0 Å². The predicted octanol–water partition coefficient (Wildman–Crippen LogP) is 8.49. The number of aromatic nitrogens is 2. The molecule has 11 heteroatoms. The number of alkyl halides is 3. The molecular formula is C38H38F3N5O3. The van der Waals surface area contributed by atoms with Crippen molar-refractivity contribution in [2.75, 3.05) is 11.9 Å². The second-order valence-corrected chi connectivity index (χ2v) is 13.4. The first kappa shape index (κ1) is 33.7. The summed E-state index contributed by atoms with van der Waals surface area (Å²) in [5, 5.41) is 8.55. The lowest BCUT2D eigenvalue weighted by atomic mass is 9.94. The molecule has 2 amide bonds. The number of hydrogen-bond acceptors (Lipinski definition) is 5. The van der Waals surface area contributed by atoms with Crippen LogP contribution >= 0.6 is 0 Å². The molecule has 1 unspecified atom stereocenters. The van der Waals surface area contributed by atoms with Crippen LogP contribution in [0, 0.1) is 5.92 Å². The van der Waals surface area contributed by atoms with Crippen LogP contribution in [0.5, 0.6) is 0 Å². The number of carbonyl (C=O) groups excluding carboxylic acids is 2. The number of nitrogens with one attached hydrogen (secondary N) is 1. The standard InChI is InChI=1S/C38H38F3N5O3/c1-37(2,3)49-36(48)45(23-24-14-15-24)34(29-17-16-26-9-4-5-10-27(26)19-29)28-11-7-12-30(20-28)43-35(47)32-21-33(38(39,40)41)44-46(32)31-13-6-8-25(18-31)22-42/h4-13,16-21,24,34H,14-15,22-23,42H2,1-3H3,(H,43,47). The molecule has 0 aliphatic heterocycles. The van der Waals surface area contributed by atoms with Gasteiger partial charge >= 0.3 is 12.3 Å². The average molecular weight is 670 g/mol. The third-order valence-corrected chi connectivity index (χ3v) is 8.26. The molecule has 254 valence electrons. The fraction of sp³-hybridized carbons (Fsp3) is 0.289. The first-order valence-electron chi connectivity index (χ1n) is 16.2. The molecule has 1 saturated carbocycles. The number of nitrogens with two attached hydrogens (primary N) is 1. The van der Waals surface area contributed by atoms with E-state index >= 15 is 0 Å². The maximum Gasteiger partial charge on any atom is 0.435 e. The molecule has 1 aromatic heterocycles. The number of ether oxygens (including phenoxy) is 1. The fourth-order valence-electron chi connectivity index (χ4n) is 5.79. The summed E-state index contributed by atoms with van der Waals surface area (Å²) in [5.74, 6) is -0.457. The van der Waals surface area contributed by atoms with E-state index in [1.54, 1.807) is 47.4 Å². The minimum atomic E-state index is -4.77. The minimum absolute atomic E-state index is 0.162. The molecule has 1 aliphatic carbocycles. The van der Waals surface area contributed by atoms with E-state index in [0.29, 0.717) is 29.3 Å². The van der Waals surface area contributed by atoms with Gasteiger partial charge in [0.05, 0.1) is 11.7 Å². The summed E-state index contributed by atoms with van der Waals surface area (Å²) in [6.07, 6.45) is -3.23. The van der Waals surface area contributed by atoms with Gasteiger partial charge in [-0.15, -0.1) is 0 Å². The van der Waals surface area contributed by atoms with Crippen molar-refractivity contribution in [3.8, 4) is 5.69 Å². The summed E-state index contributed by atoms with van der Waals surface area (Å²) in [7, 11) is 0. The summed E-state index contributed by atoms with van der Waals surface area (Å²) in [4.78, 5) is 29.3. The topological polar surface area (TPSA) is 102 Å². The van der Waals surface area contributed by atoms with Gasteiger partial charge in [-0.2, -0.15) is 18.3 Å². The van der Waals surface area contributed by atoms with E-state index < -0.39 is 35.5 Å². The molecule has 0 saturated heterocycles. The van der Waals surface area contributed by atoms with Gasteiger partial charge < -0.3 is 15.8 Å². The van der Waals surface area contributed by atoms with Gasteiger partial charge in [0.1, 0.15) is 11.3 Å². The van der Waals surface area contributed by atoms with Crippen molar-refractivity contribution in [3.63, 3.8) is 0 Å². The number of amides is 2. The summed E-state index contributed by atoms with van der Waals surface area (Å²) < 4.78 is 48.3. The fourth-order valence-corrected chi connectivity index (χ4v) is 5.79. The number of nitrogens with zero attached hydrogens (tertiary/aromatic N) is 3. The summed E-state index contributed by atoms with van der Waals surface area (Å²) in [5.41, 5.74) is 6.33. The minimum Gasteiger partial charge on any atom is -0.444 e. The molecule has 49 heavy (non-hydrogen) atoms. The molecule has 1 heterocycles. The van der Waals surface area contributed by atoms with Crippen molar-refractivity contribution in [2.45, 2.75) is 58.0 Å². The molecular weight excluding hydrogens is 631 g/mol. The number of hydrogen-bond donors (Lipinski definition) is 2. The number of benzene rings is 4. The second-order valence-electron chi connectivity index (χ2n) is 13.4. The lowest BCUT2D eigenvalue weighted by Crippen LogP contribution is -2.41. The van der Waals surface area contributed by atoms with Crippen LogP contribution in [-0.2, 0) is 17.5 Å². The van der Waals surface area contributed by atoms with Gasteiger partial charge in [-0.1, -0.05) is 60.7 Å². The van der Waals surface area contributed by atoms with Crippen LogP contribution in [0.1, 0.15) is 72.5 Å². The number of anilines is 1. The van der Waals surface area contributed by atoms with Gasteiger partial charge in [0, 0.05) is 24.8 Å². The van der Waals surface area contributed by atoms with Crippen LogP contribution in [0.3, 0.4) is 0 Å². The van der Waals surface area contributed by atoms with E-state index in [4.69, 9.17) is 10.5 Å². The Kier molecular flexibility index (Phi) is 9.22. The number of rotatable bonds is 9. The smallest absolute Gasteiger partial charge is 0.435 e. The average Bonchev–Trinajstić information content (AvgIpc) is 3.76. The highest BCUT2D eigenvalue weighted by Gasteiger charge is 2.37. The van der Waals surface area contributed by atoms with E-state index in [-0.39, 0.29) is 17.9 Å². The van der Waals surface area contributed by atoms with E-state index in [1.165, 1.54) is 0 Å². The Balaban J connectivity index is 1.40. The molecule has 1 fully saturated rings. The zero-order valence-electron chi connectivity index (χ0n) is 27.5. The van der Waals surface area contributed by atoms with Crippen LogP contribution in [0.15, 0.2) is 97.1 Å². The Morgan fingerprint density at radius 2 is 1.63 bits per heavy atom. The summed E-state index contributed by atoms with van der Waals surface area (Å²) in [6.45, 7) is 6.10. The quantitative estimate of drug-likeness (QED) is 0.164. The van der Waals surface area contributed by atoms with Crippen molar-refractivity contribution in [2.24, 2.45) is 11.7 Å². The Hall–Kier alpha value is -5.16. The summed E-state index contributed by atoms with van der Waals surface area (Å²) >= 11 is 0. The number of halogens is 3. The molecule has 3 N–H and O–H groups in total. The summed E-state index contributed by atoms with van der Waals surface area (Å²) in [6, 6.07) is 27.6. The van der Waals surface area contributed by atoms with E-state index in [0.717, 1.165) is 39.9 Å². The largest absolute Gasteiger partial charge is 0.444 e. The van der Waals surface area contributed by atoms with Gasteiger partial charge in [0.2, 0.25) is 0 Å². The van der Waals surface area contributed by atoms with Crippen LogP contribution in [0.2, 0.25) is 0 Å². The SMILES string of the molecule is CC(C)(C)OC(=O)N(CC1CC1)C(c1cccc(NC(=O)c2cc(C(F)(F)F)nn2-c2cccc(CN)c2)c1)c1ccc2ccccc2c1. The van der Waals surface area contributed by atoms with Crippen LogP contribution in [-0.4, -0.2) is 38.8 Å². The van der Waals surface area contributed by atoms with Crippen LogP contribution in [0.25, 0.3) is 16.5 Å². The molecule has 0 bridgehead atoms. The van der Waals surface area contributed by atoms with Crippen molar-refractivity contribution >= 4 is 28.5 Å². The van der Waals surface area contributed by atoms with E-state index in [1.807, 2.05) is 69.3 Å². The molecule has 4 aromatic carbocycles. The number of carbonyl (C=O) groups is 2. The molecule has 8 nitrogen and oxygen atoms in total.